The summed E-state index contributed by atoms with van der Waals surface area (Å²) in [4.78, 5) is 2.36. The molecule has 0 aromatic heterocycles. The summed E-state index contributed by atoms with van der Waals surface area (Å²) < 4.78 is 0. The summed E-state index contributed by atoms with van der Waals surface area (Å²) in [5.74, 6) is 0.755. The van der Waals surface area contributed by atoms with Crippen LogP contribution in [0.15, 0.2) is 24.3 Å². The van der Waals surface area contributed by atoms with Gasteiger partial charge in [-0.25, -0.2) is 0 Å². The monoisotopic (exact) mass is 260 g/mol. The summed E-state index contributed by atoms with van der Waals surface area (Å²) in [5.41, 5.74) is 3.05. The van der Waals surface area contributed by atoms with Gasteiger partial charge in [0.25, 0.3) is 0 Å². The lowest BCUT2D eigenvalue weighted by Crippen LogP contribution is -2.39. The van der Waals surface area contributed by atoms with Crippen LogP contribution < -0.4 is 5.32 Å². The van der Waals surface area contributed by atoms with Crippen LogP contribution in [0.5, 0.6) is 0 Å². The molecular formula is C17H28N2. The molecule has 1 aromatic rings. The van der Waals surface area contributed by atoms with Crippen LogP contribution >= 0.6 is 0 Å². The molecule has 0 bridgehead atoms. The van der Waals surface area contributed by atoms with Gasteiger partial charge in [0.1, 0.15) is 0 Å². The van der Waals surface area contributed by atoms with E-state index >= 15 is 0 Å². The first-order valence-corrected chi connectivity index (χ1v) is 7.55. The maximum atomic E-state index is 3.78. The van der Waals surface area contributed by atoms with Crippen molar-refractivity contribution in [2.75, 3.05) is 20.6 Å². The van der Waals surface area contributed by atoms with Crippen molar-refractivity contribution in [1.82, 2.24) is 10.2 Å². The highest BCUT2D eigenvalue weighted by Crippen LogP contribution is 2.30. The molecule has 106 valence electrons. The molecule has 0 fully saturated rings. The molecule has 1 aliphatic carbocycles. The topological polar surface area (TPSA) is 15.3 Å². The van der Waals surface area contributed by atoms with E-state index in [1.807, 2.05) is 0 Å². The average molecular weight is 260 g/mol. The smallest absolute Gasteiger partial charge is 0.0326 e. The van der Waals surface area contributed by atoms with Crippen LogP contribution in [0.1, 0.15) is 43.9 Å². The second-order valence-corrected chi connectivity index (χ2v) is 6.45. The maximum absolute atomic E-state index is 3.78. The fraction of sp³-hybridized carbons (Fsp3) is 0.647. The Hall–Kier alpha value is -0.860. The Morgan fingerprint density at radius 1 is 1.26 bits per heavy atom. The quantitative estimate of drug-likeness (QED) is 0.844. The molecule has 19 heavy (non-hydrogen) atoms. The molecule has 0 saturated heterocycles. The predicted octanol–water partition coefficient (Wildman–Crippen LogP) is 3.24. The molecule has 0 amide bonds. The summed E-state index contributed by atoms with van der Waals surface area (Å²) in [5, 5.41) is 3.78. The molecule has 1 aromatic carbocycles. The highest BCUT2D eigenvalue weighted by atomic mass is 15.1. The van der Waals surface area contributed by atoms with Crippen LogP contribution in [0.4, 0.5) is 0 Å². The molecule has 0 spiro atoms. The fourth-order valence-electron chi connectivity index (χ4n) is 3.07. The summed E-state index contributed by atoms with van der Waals surface area (Å²) in [6, 6.07) is 10.1. The summed E-state index contributed by atoms with van der Waals surface area (Å²) >= 11 is 0. The van der Waals surface area contributed by atoms with Gasteiger partial charge in [0.15, 0.2) is 0 Å². The minimum atomic E-state index is 0.561. The van der Waals surface area contributed by atoms with Gasteiger partial charge in [-0.2, -0.15) is 0 Å². The zero-order chi connectivity index (χ0) is 13.8. The SMILES string of the molecule is CC(C)CC(CNC1CCc2ccccc21)N(C)C. The number of likely N-dealkylation sites (N-methyl/N-ethyl adjacent to an activating group) is 1. The predicted molar refractivity (Wildman–Crippen MR) is 82.4 cm³/mol. The standard InChI is InChI=1S/C17H28N2/c1-13(2)11-15(19(3)4)12-18-17-10-9-14-7-5-6-8-16(14)17/h5-8,13,15,17-18H,9-12H2,1-4H3. The number of nitrogens with one attached hydrogen (secondary N) is 1. The molecule has 2 nitrogen and oxygen atoms in total. The van der Waals surface area contributed by atoms with Gasteiger partial charge in [0.2, 0.25) is 0 Å². The van der Waals surface area contributed by atoms with Gasteiger partial charge in [0.05, 0.1) is 0 Å². The Balaban J connectivity index is 1.92. The lowest BCUT2D eigenvalue weighted by molar-refractivity contribution is 0.240. The van der Waals surface area contributed by atoms with Crippen LogP contribution in [-0.2, 0) is 6.42 Å². The molecule has 2 unspecified atom stereocenters. The van der Waals surface area contributed by atoms with Crippen LogP contribution in [0.25, 0.3) is 0 Å². The number of hydrogen-bond acceptors (Lipinski definition) is 2. The van der Waals surface area contributed by atoms with Gasteiger partial charge in [0, 0.05) is 18.6 Å². The third-order valence-corrected chi connectivity index (χ3v) is 4.21. The zero-order valence-corrected chi connectivity index (χ0v) is 12.8. The first kappa shape index (κ1) is 14.5. The largest absolute Gasteiger partial charge is 0.308 e. The van der Waals surface area contributed by atoms with Crippen molar-refractivity contribution in [2.45, 2.75) is 45.2 Å². The van der Waals surface area contributed by atoms with E-state index in [1.165, 1.54) is 30.4 Å². The minimum Gasteiger partial charge on any atom is -0.308 e. The molecule has 2 rings (SSSR count). The van der Waals surface area contributed by atoms with E-state index in [-0.39, 0.29) is 0 Å². The third kappa shape index (κ3) is 3.80. The third-order valence-electron chi connectivity index (χ3n) is 4.21. The van der Waals surface area contributed by atoms with Crippen LogP contribution in [0.2, 0.25) is 0 Å². The van der Waals surface area contributed by atoms with Crippen LogP contribution in [-0.4, -0.2) is 31.6 Å². The minimum absolute atomic E-state index is 0.561. The fourth-order valence-corrected chi connectivity index (χ4v) is 3.07. The van der Waals surface area contributed by atoms with E-state index in [4.69, 9.17) is 0 Å². The summed E-state index contributed by atoms with van der Waals surface area (Å²) in [7, 11) is 4.38. The van der Waals surface area contributed by atoms with Gasteiger partial charge >= 0.3 is 0 Å². The van der Waals surface area contributed by atoms with Crippen molar-refractivity contribution in [2.24, 2.45) is 5.92 Å². The highest BCUT2D eigenvalue weighted by Gasteiger charge is 2.23. The van der Waals surface area contributed by atoms with Crippen molar-refractivity contribution >= 4 is 0 Å². The van der Waals surface area contributed by atoms with Gasteiger partial charge in [-0.05, 0) is 50.4 Å². The van der Waals surface area contributed by atoms with Crippen molar-refractivity contribution < 1.29 is 0 Å². The van der Waals surface area contributed by atoms with Gasteiger partial charge < -0.3 is 10.2 Å². The molecule has 0 saturated carbocycles. The van der Waals surface area contributed by atoms with Crippen molar-refractivity contribution in [3.05, 3.63) is 35.4 Å². The Morgan fingerprint density at radius 2 is 2.00 bits per heavy atom. The van der Waals surface area contributed by atoms with Crippen LogP contribution in [0.3, 0.4) is 0 Å². The summed E-state index contributed by atoms with van der Waals surface area (Å²) in [6.07, 6.45) is 3.74. The average Bonchev–Trinajstić information content (AvgIpc) is 2.77. The maximum Gasteiger partial charge on any atom is 0.0326 e. The van der Waals surface area contributed by atoms with Crippen molar-refractivity contribution in [3.8, 4) is 0 Å². The zero-order valence-electron chi connectivity index (χ0n) is 12.8. The second-order valence-electron chi connectivity index (χ2n) is 6.45. The molecule has 2 atom stereocenters. The first-order chi connectivity index (χ1) is 9.08. The lowest BCUT2D eigenvalue weighted by atomic mass is 10.0. The Bertz CT molecular complexity index is 398. The van der Waals surface area contributed by atoms with E-state index in [0.29, 0.717) is 12.1 Å². The van der Waals surface area contributed by atoms with Gasteiger partial charge in [-0.15, -0.1) is 0 Å². The van der Waals surface area contributed by atoms with Crippen molar-refractivity contribution in [1.29, 1.82) is 0 Å². The van der Waals surface area contributed by atoms with Gasteiger partial charge in [-0.1, -0.05) is 38.1 Å². The number of nitrogens with zero attached hydrogens (tertiary/aromatic N) is 1. The molecule has 0 radical (unpaired) electrons. The van der Waals surface area contributed by atoms with E-state index < -0.39 is 0 Å². The number of benzene rings is 1. The number of fused-ring (bicyclic) bond motifs is 1. The first-order valence-electron chi connectivity index (χ1n) is 7.55. The normalized spacial score (nSPS) is 20.0. The van der Waals surface area contributed by atoms with Gasteiger partial charge in [-0.3, -0.25) is 0 Å². The van der Waals surface area contributed by atoms with Crippen LogP contribution in [0, 0.1) is 5.92 Å². The molecular weight excluding hydrogens is 232 g/mol. The van der Waals surface area contributed by atoms with E-state index in [1.54, 1.807) is 0 Å². The second kappa shape index (κ2) is 6.53. The van der Waals surface area contributed by atoms with E-state index in [9.17, 15) is 0 Å². The Labute approximate surface area is 118 Å². The number of rotatable bonds is 6. The van der Waals surface area contributed by atoms with Crippen molar-refractivity contribution in [3.63, 3.8) is 0 Å². The molecule has 1 aliphatic rings. The van der Waals surface area contributed by atoms with E-state index in [0.717, 1.165) is 12.5 Å². The molecule has 0 aliphatic heterocycles. The number of hydrogen-bond donors (Lipinski definition) is 1. The lowest BCUT2D eigenvalue weighted by Gasteiger charge is -2.28. The molecule has 1 N–H and O–H groups in total. The van der Waals surface area contributed by atoms with E-state index in [2.05, 4.69) is 62.4 Å². The Kier molecular flexibility index (Phi) is 5.00. The molecule has 2 heteroatoms. The summed E-state index contributed by atoms with van der Waals surface area (Å²) in [6.45, 7) is 5.70. The highest BCUT2D eigenvalue weighted by molar-refractivity contribution is 5.34. The molecule has 0 heterocycles. The number of aryl methyl sites for hydroxylation is 1. The Morgan fingerprint density at radius 3 is 2.68 bits per heavy atom.